The van der Waals surface area contributed by atoms with Crippen molar-refractivity contribution >= 4 is 5.97 Å². The van der Waals surface area contributed by atoms with Crippen LogP contribution in [-0.4, -0.2) is 12.1 Å². The molecule has 1 atom stereocenters. The number of hydrogen-bond acceptors (Lipinski definition) is 2. The minimum atomic E-state index is -2.31. The Hall–Kier alpha value is -1.66. The van der Waals surface area contributed by atoms with Crippen molar-refractivity contribution in [1.82, 2.24) is 0 Å². The van der Waals surface area contributed by atoms with Crippen LogP contribution in [0.15, 0.2) is 0 Å². The highest BCUT2D eigenvalue weighted by Gasteiger charge is 2.31. The average molecular weight is 324 g/mol. The predicted octanol–water partition coefficient (Wildman–Crippen LogP) is 4.90. The highest BCUT2D eigenvalue weighted by molar-refractivity contribution is 5.90. The molecule has 0 aromatic heterocycles. The second kappa shape index (κ2) is 8.10. The van der Waals surface area contributed by atoms with Gasteiger partial charge in [0.2, 0.25) is 5.82 Å². The van der Waals surface area contributed by atoms with Crippen molar-refractivity contribution in [2.45, 2.75) is 52.1 Å². The topological polar surface area (TPSA) is 26.3 Å². The molecule has 0 aliphatic heterocycles. The van der Waals surface area contributed by atoms with Gasteiger partial charge < -0.3 is 4.74 Å². The van der Waals surface area contributed by atoms with Crippen molar-refractivity contribution in [3.63, 3.8) is 0 Å². The van der Waals surface area contributed by atoms with Crippen molar-refractivity contribution in [3.05, 3.63) is 34.6 Å². The van der Waals surface area contributed by atoms with E-state index in [1.54, 1.807) is 0 Å². The van der Waals surface area contributed by atoms with Gasteiger partial charge in [-0.1, -0.05) is 26.2 Å². The summed E-state index contributed by atoms with van der Waals surface area (Å²) in [6.07, 6.45) is 3.41. The first-order chi connectivity index (χ1) is 10.3. The van der Waals surface area contributed by atoms with E-state index in [0.717, 1.165) is 25.7 Å². The quantitative estimate of drug-likeness (QED) is 0.234. The molecule has 1 aromatic carbocycles. The van der Waals surface area contributed by atoms with Gasteiger partial charge in [-0.05, 0) is 19.8 Å². The maximum Gasteiger partial charge on any atom is 0.344 e. The molecule has 1 rings (SSSR count). The fourth-order valence-corrected chi connectivity index (χ4v) is 1.94. The van der Waals surface area contributed by atoms with Gasteiger partial charge in [-0.3, -0.25) is 0 Å². The van der Waals surface area contributed by atoms with Gasteiger partial charge in [-0.2, -0.15) is 0 Å². The Morgan fingerprint density at radius 3 is 1.91 bits per heavy atom. The Bertz CT molecular complexity index is 516. The van der Waals surface area contributed by atoms with Crippen LogP contribution in [0.3, 0.4) is 0 Å². The van der Waals surface area contributed by atoms with Crippen molar-refractivity contribution in [2.24, 2.45) is 0 Å². The van der Waals surface area contributed by atoms with Crippen molar-refractivity contribution < 1.29 is 31.5 Å². The molecule has 0 amide bonds. The number of hydrogen-bond donors (Lipinski definition) is 0. The SMILES string of the molecule is CCCCCCC(C)OC(=O)c1c(F)c(F)c(F)c(F)c1F. The van der Waals surface area contributed by atoms with E-state index in [0.29, 0.717) is 6.42 Å². The summed E-state index contributed by atoms with van der Waals surface area (Å²) >= 11 is 0. The van der Waals surface area contributed by atoms with Crippen LogP contribution in [0, 0.1) is 29.1 Å². The number of ether oxygens (including phenoxy) is 1. The third-order valence-corrected chi connectivity index (χ3v) is 3.19. The summed E-state index contributed by atoms with van der Waals surface area (Å²) < 4.78 is 70.5. The van der Waals surface area contributed by atoms with Gasteiger partial charge in [-0.15, -0.1) is 0 Å². The second-order valence-electron chi connectivity index (χ2n) is 5.01. The zero-order chi connectivity index (χ0) is 16.9. The summed E-state index contributed by atoms with van der Waals surface area (Å²) in [5, 5.41) is 0. The Kier molecular flexibility index (Phi) is 6.77. The number of esters is 1. The minimum Gasteiger partial charge on any atom is -0.459 e. The Balaban J connectivity index is 2.82. The highest BCUT2D eigenvalue weighted by atomic mass is 19.2. The molecule has 0 heterocycles. The molecule has 22 heavy (non-hydrogen) atoms. The first kappa shape index (κ1) is 18.4. The van der Waals surface area contributed by atoms with Crippen LogP contribution >= 0.6 is 0 Å². The first-order valence-electron chi connectivity index (χ1n) is 7.03. The molecule has 0 fully saturated rings. The van der Waals surface area contributed by atoms with E-state index >= 15 is 0 Å². The second-order valence-corrected chi connectivity index (χ2v) is 5.01. The summed E-state index contributed by atoms with van der Waals surface area (Å²) in [7, 11) is 0. The number of carbonyl (C=O) groups is 1. The van der Waals surface area contributed by atoms with E-state index in [2.05, 4.69) is 0 Å². The van der Waals surface area contributed by atoms with Gasteiger partial charge in [-0.25, -0.2) is 26.7 Å². The van der Waals surface area contributed by atoms with Crippen molar-refractivity contribution in [3.8, 4) is 0 Å². The van der Waals surface area contributed by atoms with Crippen LogP contribution in [0.25, 0.3) is 0 Å². The third kappa shape index (κ3) is 4.18. The third-order valence-electron chi connectivity index (χ3n) is 3.19. The standard InChI is InChI=1S/C15H17F5O2/c1-3-4-5-6-7-8(2)22-15(21)9-10(16)12(18)14(20)13(19)11(9)17/h8H,3-7H2,1-2H3. The lowest BCUT2D eigenvalue weighted by atomic mass is 10.1. The molecule has 124 valence electrons. The zero-order valence-electron chi connectivity index (χ0n) is 12.3. The first-order valence-corrected chi connectivity index (χ1v) is 7.03. The molecule has 0 aliphatic rings. The summed E-state index contributed by atoms with van der Waals surface area (Å²) in [5.41, 5.74) is -1.56. The van der Waals surface area contributed by atoms with Gasteiger partial charge in [0, 0.05) is 0 Å². The average Bonchev–Trinajstić information content (AvgIpc) is 2.47. The van der Waals surface area contributed by atoms with Crippen LogP contribution in [0.4, 0.5) is 22.0 Å². The Morgan fingerprint density at radius 2 is 1.41 bits per heavy atom. The fraction of sp³-hybridized carbons (Fsp3) is 0.533. The molecule has 0 aliphatic carbocycles. The molecule has 1 unspecified atom stereocenters. The van der Waals surface area contributed by atoms with Crippen LogP contribution in [0.1, 0.15) is 56.3 Å². The predicted molar refractivity (Wildman–Crippen MR) is 69.9 cm³/mol. The van der Waals surface area contributed by atoms with Gasteiger partial charge >= 0.3 is 5.97 Å². The van der Waals surface area contributed by atoms with Crippen LogP contribution in [0.5, 0.6) is 0 Å². The monoisotopic (exact) mass is 324 g/mol. The minimum absolute atomic E-state index is 0.446. The van der Waals surface area contributed by atoms with Crippen LogP contribution in [0.2, 0.25) is 0 Å². The Labute approximate surface area is 125 Å². The molecular weight excluding hydrogens is 307 g/mol. The normalized spacial score (nSPS) is 12.3. The number of carbonyl (C=O) groups excluding carboxylic acids is 1. The largest absolute Gasteiger partial charge is 0.459 e. The maximum atomic E-state index is 13.4. The van der Waals surface area contributed by atoms with E-state index in [1.165, 1.54) is 6.92 Å². The lowest BCUT2D eigenvalue weighted by molar-refractivity contribution is 0.0305. The molecular formula is C15H17F5O2. The summed E-state index contributed by atoms with van der Waals surface area (Å²) in [4.78, 5) is 11.6. The van der Waals surface area contributed by atoms with E-state index in [1.807, 2.05) is 6.92 Å². The number of benzene rings is 1. The van der Waals surface area contributed by atoms with E-state index in [9.17, 15) is 26.7 Å². The van der Waals surface area contributed by atoms with Crippen molar-refractivity contribution in [1.29, 1.82) is 0 Å². The Morgan fingerprint density at radius 1 is 0.909 bits per heavy atom. The van der Waals surface area contributed by atoms with Gasteiger partial charge in [0.25, 0.3) is 0 Å². The molecule has 0 N–H and O–H groups in total. The van der Waals surface area contributed by atoms with Gasteiger partial charge in [0.05, 0.1) is 6.10 Å². The van der Waals surface area contributed by atoms with Crippen LogP contribution < -0.4 is 0 Å². The lowest BCUT2D eigenvalue weighted by Crippen LogP contribution is -2.20. The zero-order valence-corrected chi connectivity index (χ0v) is 12.3. The van der Waals surface area contributed by atoms with E-state index < -0.39 is 46.7 Å². The summed E-state index contributed by atoms with van der Waals surface area (Å²) in [5.74, 6) is -12.6. The highest BCUT2D eigenvalue weighted by Crippen LogP contribution is 2.24. The van der Waals surface area contributed by atoms with E-state index in [4.69, 9.17) is 4.74 Å². The maximum absolute atomic E-state index is 13.4. The molecule has 1 aromatic rings. The fourth-order valence-electron chi connectivity index (χ4n) is 1.94. The molecule has 0 radical (unpaired) electrons. The molecule has 0 bridgehead atoms. The summed E-state index contributed by atoms with van der Waals surface area (Å²) in [6, 6.07) is 0. The van der Waals surface area contributed by atoms with Crippen LogP contribution in [-0.2, 0) is 4.74 Å². The van der Waals surface area contributed by atoms with Gasteiger partial charge in [0.15, 0.2) is 23.3 Å². The number of rotatable bonds is 7. The van der Waals surface area contributed by atoms with Crippen molar-refractivity contribution in [2.75, 3.05) is 0 Å². The molecule has 2 nitrogen and oxygen atoms in total. The van der Waals surface area contributed by atoms with E-state index in [-0.39, 0.29) is 0 Å². The van der Waals surface area contributed by atoms with Gasteiger partial charge in [0.1, 0.15) is 5.56 Å². The lowest BCUT2D eigenvalue weighted by Gasteiger charge is -2.14. The number of unbranched alkanes of at least 4 members (excludes halogenated alkanes) is 3. The molecule has 7 heteroatoms. The molecule has 0 saturated carbocycles. The smallest absolute Gasteiger partial charge is 0.344 e. The molecule has 0 spiro atoms. The number of halogens is 5. The molecule has 0 saturated heterocycles. The summed E-state index contributed by atoms with van der Waals surface area (Å²) in [6.45, 7) is 3.52.